The molecule has 6 nitrogen and oxygen atoms in total. The third kappa shape index (κ3) is 3.52. The smallest absolute Gasteiger partial charge is 0.244 e. The molecule has 1 aromatic rings. The standard InChI is InChI=1S/C15H21N3O3/c1-10(19)17-11-5-6-13(21-2)12(9-11)18-14(20)15(16)7-3-4-8-15/h5-6,9H,3-4,7-8,16H2,1-2H3,(H,17,19)(H,18,20). The first-order valence-corrected chi connectivity index (χ1v) is 7.00. The van der Waals surface area contributed by atoms with Gasteiger partial charge >= 0.3 is 0 Å². The first kappa shape index (κ1) is 15.3. The molecule has 0 aliphatic heterocycles. The second-order valence-electron chi connectivity index (χ2n) is 5.41. The van der Waals surface area contributed by atoms with Gasteiger partial charge in [0.1, 0.15) is 5.75 Å². The topological polar surface area (TPSA) is 93.5 Å². The molecular formula is C15H21N3O3. The zero-order valence-electron chi connectivity index (χ0n) is 12.4. The Labute approximate surface area is 124 Å². The van der Waals surface area contributed by atoms with Crippen LogP contribution in [0.5, 0.6) is 5.75 Å². The van der Waals surface area contributed by atoms with Crippen LogP contribution in [0.15, 0.2) is 18.2 Å². The Bertz CT molecular complexity index is 551. The van der Waals surface area contributed by atoms with Crippen LogP contribution >= 0.6 is 0 Å². The summed E-state index contributed by atoms with van der Waals surface area (Å²) in [5.41, 5.74) is 6.43. The van der Waals surface area contributed by atoms with Gasteiger partial charge in [-0.05, 0) is 31.0 Å². The van der Waals surface area contributed by atoms with Gasteiger partial charge < -0.3 is 21.1 Å². The Morgan fingerprint density at radius 1 is 1.24 bits per heavy atom. The molecule has 0 radical (unpaired) electrons. The summed E-state index contributed by atoms with van der Waals surface area (Å²) < 4.78 is 5.23. The van der Waals surface area contributed by atoms with Crippen molar-refractivity contribution in [2.45, 2.75) is 38.1 Å². The summed E-state index contributed by atoms with van der Waals surface area (Å²) >= 11 is 0. The summed E-state index contributed by atoms with van der Waals surface area (Å²) in [6, 6.07) is 5.07. The second-order valence-corrected chi connectivity index (χ2v) is 5.41. The highest BCUT2D eigenvalue weighted by Crippen LogP contribution is 2.32. The Balaban J connectivity index is 2.20. The van der Waals surface area contributed by atoms with Crippen molar-refractivity contribution in [1.29, 1.82) is 0 Å². The Morgan fingerprint density at radius 3 is 2.48 bits per heavy atom. The van der Waals surface area contributed by atoms with Crippen LogP contribution in [-0.2, 0) is 9.59 Å². The highest BCUT2D eigenvalue weighted by Gasteiger charge is 2.37. The fourth-order valence-corrected chi connectivity index (χ4v) is 2.57. The van der Waals surface area contributed by atoms with Crippen molar-refractivity contribution in [3.63, 3.8) is 0 Å². The fourth-order valence-electron chi connectivity index (χ4n) is 2.57. The molecule has 0 heterocycles. The predicted molar refractivity (Wildman–Crippen MR) is 81.3 cm³/mol. The Hall–Kier alpha value is -2.08. The van der Waals surface area contributed by atoms with Crippen LogP contribution in [-0.4, -0.2) is 24.5 Å². The lowest BCUT2D eigenvalue weighted by Crippen LogP contribution is -2.48. The first-order chi connectivity index (χ1) is 9.94. The Morgan fingerprint density at radius 2 is 1.90 bits per heavy atom. The van der Waals surface area contributed by atoms with E-state index >= 15 is 0 Å². The quantitative estimate of drug-likeness (QED) is 0.789. The van der Waals surface area contributed by atoms with Crippen molar-refractivity contribution >= 4 is 23.2 Å². The first-order valence-electron chi connectivity index (χ1n) is 7.00. The number of rotatable bonds is 4. The molecule has 0 spiro atoms. The van der Waals surface area contributed by atoms with E-state index in [2.05, 4.69) is 10.6 Å². The van der Waals surface area contributed by atoms with E-state index in [0.29, 0.717) is 30.0 Å². The number of ether oxygens (including phenoxy) is 1. The zero-order chi connectivity index (χ0) is 15.5. The summed E-state index contributed by atoms with van der Waals surface area (Å²) in [5, 5.41) is 5.49. The number of nitrogens with two attached hydrogens (primary N) is 1. The van der Waals surface area contributed by atoms with E-state index in [0.717, 1.165) is 12.8 Å². The number of hydrogen-bond acceptors (Lipinski definition) is 4. The van der Waals surface area contributed by atoms with E-state index in [4.69, 9.17) is 10.5 Å². The average Bonchev–Trinajstić information content (AvgIpc) is 2.87. The maximum atomic E-state index is 12.4. The summed E-state index contributed by atoms with van der Waals surface area (Å²) in [7, 11) is 1.52. The van der Waals surface area contributed by atoms with Crippen molar-refractivity contribution in [2.75, 3.05) is 17.7 Å². The van der Waals surface area contributed by atoms with E-state index in [1.807, 2.05) is 0 Å². The van der Waals surface area contributed by atoms with Crippen LogP contribution in [0.2, 0.25) is 0 Å². The van der Waals surface area contributed by atoms with Crippen LogP contribution in [0.1, 0.15) is 32.6 Å². The van der Waals surface area contributed by atoms with Gasteiger partial charge in [0.25, 0.3) is 0 Å². The van der Waals surface area contributed by atoms with Gasteiger partial charge in [-0.1, -0.05) is 12.8 Å². The van der Waals surface area contributed by atoms with Crippen molar-refractivity contribution in [3.05, 3.63) is 18.2 Å². The largest absolute Gasteiger partial charge is 0.495 e. The number of carbonyl (C=O) groups excluding carboxylic acids is 2. The number of amides is 2. The average molecular weight is 291 g/mol. The molecule has 0 unspecified atom stereocenters. The molecule has 0 bridgehead atoms. The number of carbonyl (C=O) groups is 2. The van der Waals surface area contributed by atoms with Crippen LogP contribution in [0.4, 0.5) is 11.4 Å². The normalized spacial score (nSPS) is 16.3. The molecule has 0 aromatic heterocycles. The summed E-state index contributed by atoms with van der Waals surface area (Å²) in [6.45, 7) is 1.43. The van der Waals surface area contributed by atoms with Gasteiger partial charge in [0.2, 0.25) is 11.8 Å². The molecule has 6 heteroatoms. The minimum atomic E-state index is -0.810. The molecule has 2 rings (SSSR count). The number of nitrogens with one attached hydrogen (secondary N) is 2. The molecule has 1 aliphatic carbocycles. The number of hydrogen-bond donors (Lipinski definition) is 3. The van der Waals surface area contributed by atoms with Crippen LogP contribution < -0.4 is 21.1 Å². The summed E-state index contributed by atoms with van der Waals surface area (Å²) in [4.78, 5) is 23.5. The molecule has 0 atom stereocenters. The molecule has 4 N–H and O–H groups in total. The highest BCUT2D eigenvalue weighted by molar-refractivity contribution is 6.00. The van der Waals surface area contributed by atoms with Gasteiger partial charge in [0.15, 0.2) is 0 Å². The maximum Gasteiger partial charge on any atom is 0.244 e. The molecular weight excluding hydrogens is 270 g/mol. The third-order valence-electron chi connectivity index (χ3n) is 3.72. The van der Waals surface area contributed by atoms with Crippen molar-refractivity contribution in [3.8, 4) is 5.75 Å². The van der Waals surface area contributed by atoms with Crippen LogP contribution in [0, 0.1) is 0 Å². The predicted octanol–water partition coefficient (Wildman–Crippen LogP) is 1.86. The molecule has 1 aliphatic rings. The van der Waals surface area contributed by atoms with Crippen molar-refractivity contribution < 1.29 is 14.3 Å². The number of methoxy groups -OCH3 is 1. The van der Waals surface area contributed by atoms with Crippen molar-refractivity contribution in [1.82, 2.24) is 0 Å². The van der Waals surface area contributed by atoms with Gasteiger partial charge in [-0.25, -0.2) is 0 Å². The molecule has 114 valence electrons. The molecule has 21 heavy (non-hydrogen) atoms. The third-order valence-corrected chi connectivity index (χ3v) is 3.72. The molecule has 2 amide bonds. The molecule has 0 saturated heterocycles. The van der Waals surface area contributed by atoms with E-state index in [9.17, 15) is 9.59 Å². The van der Waals surface area contributed by atoms with Gasteiger partial charge in [-0.15, -0.1) is 0 Å². The highest BCUT2D eigenvalue weighted by atomic mass is 16.5. The van der Waals surface area contributed by atoms with Crippen molar-refractivity contribution in [2.24, 2.45) is 5.73 Å². The lowest BCUT2D eigenvalue weighted by Gasteiger charge is -2.23. The second kappa shape index (κ2) is 6.13. The minimum absolute atomic E-state index is 0.177. The maximum absolute atomic E-state index is 12.4. The number of benzene rings is 1. The van der Waals surface area contributed by atoms with Gasteiger partial charge in [-0.2, -0.15) is 0 Å². The lowest BCUT2D eigenvalue weighted by molar-refractivity contribution is -0.121. The Kier molecular flexibility index (Phi) is 4.47. The van der Waals surface area contributed by atoms with E-state index < -0.39 is 5.54 Å². The zero-order valence-corrected chi connectivity index (χ0v) is 12.4. The van der Waals surface area contributed by atoms with Gasteiger partial charge in [0, 0.05) is 12.6 Å². The molecule has 1 aromatic carbocycles. The fraction of sp³-hybridized carbons (Fsp3) is 0.467. The van der Waals surface area contributed by atoms with Gasteiger partial charge in [-0.3, -0.25) is 9.59 Å². The monoisotopic (exact) mass is 291 g/mol. The lowest BCUT2D eigenvalue weighted by atomic mass is 9.98. The van der Waals surface area contributed by atoms with E-state index in [-0.39, 0.29) is 11.8 Å². The van der Waals surface area contributed by atoms with E-state index in [1.165, 1.54) is 14.0 Å². The summed E-state index contributed by atoms with van der Waals surface area (Å²) in [5.74, 6) is 0.140. The van der Waals surface area contributed by atoms with Gasteiger partial charge in [0.05, 0.1) is 18.3 Å². The summed E-state index contributed by atoms with van der Waals surface area (Å²) in [6.07, 6.45) is 3.30. The SMILES string of the molecule is COc1ccc(NC(C)=O)cc1NC(=O)C1(N)CCCC1. The van der Waals surface area contributed by atoms with Crippen LogP contribution in [0.25, 0.3) is 0 Å². The number of anilines is 2. The molecule has 1 saturated carbocycles. The molecule has 1 fully saturated rings. The minimum Gasteiger partial charge on any atom is -0.495 e. The van der Waals surface area contributed by atoms with Crippen LogP contribution in [0.3, 0.4) is 0 Å². The van der Waals surface area contributed by atoms with E-state index in [1.54, 1.807) is 18.2 Å².